The van der Waals surface area contributed by atoms with Crippen LogP contribution in [-0.2, 0) is 0 Å². The molecular formula is C15H18BrN5. The smallest absolute Gasteiger partial charge is 0.143 e. The molecule has 3 rings (SSSR count). The highest BCUT2D eigenvalue weighted by atomic mass is 79.9. The van der Waals surface area contributed by atoms with E-state index in [0.29, 0.717) is 0 Å². The Kier molecular flexibility index (Phi) is 3.96. The Bertz CT molecular complexity index is 623. The lowest BCUT2D eigenvalue weighted by molar-refractivity contribution is 0.640. The molecule has 0 saturated carbocycles. The van der Waals surface area contributed by atoms with Gasteiger partial charge in [0.15, 0.2) is 0 Å². The number of piperazine rings is 1. The first-order valence-electron chi connectivity index (χ1n) is 6.98. The summed E-state index contributed by atoms with van der Waals surface area (Å²) in [5, 5.41) is 0. The second kappa shape index (κ2) is 5.89. The van der Waals surface area contributed by atoms with E-state index in [1.165, 1.54) is 0 Å². The van der Waals surface area contributed by atoms with Gasteiger partial charge >= 0.3 is 0 Å². The summed E-state index contributed by atoms with van der Waals surface area (Å²) in [4.78, 5) is 13.5. The standard InChI is InChI=1S/C15H18BrN5/c1-11-12(17)10-19-15(14(11)16)21-8-6-20(7-9-21)13-4-2-3-5-18-13/h2-5,10H,6-9,17H2,1H3. The van der Waals surface area contributed by atoms with Crippen molar-refractivity contribution < 1.29 is 0 Å². The van der Waals surface area contributed by atoms with E-state index >= 15 is 0 Å². The Hall–Kier alpha value is -1.82. The van der Waals surface area contributed by atoms with Crippen molar-refractivity contribution in [3.63, 3.8) is 0 Å². The third kappa shape index (κ3) is 2.81. The molecule has 2 aromatic heterocycles. The number of aromatic nitrogens is 2. The number of rotatable bonds is 2. The van der Waals surface area contributed by atoms with Gasteiger partial charge in [0.05, 0.1) is 16.4 Å². The van der Waals surface area contributed by atoms with Crippen molar-refractivity contribution in [3.8, 4) is 0 Å². The predicted octanol–water partition coefficient (Wildman–Crippen LogP) is 2.46. The molecule has 0 aliphatic carbocycles. The lowest BCUT2D eigenvalue weighted by atomic mass is 10.2. The van der Waals surface area contributed by atoms with Gasteiger partial charge in [0, 0.05) is 32.4 Å². The van der Waals surface area contributed by atoms with Gasteiger partial charge in [-0.3, -0.25) is 0 Å². The van der Waals surface area contributed by atoms with E-state index in [0.717, 1.165) is 53.5 Å². The fraction of sp³-hybridized carbons (Fsp3) is 0.333. The molecular weight excluding hydrogens is 330 g/mol. The van der Waals surface area contributed by atoms with Crippen molar-refractivity contribution in [1.82, 2.24) is 9.97 Å². The van der Waals surface area contributed by atoms with Crippen molar-refractivity contribution in [2.75, 3.05) is 41.7 Å². The van der Waals surface area contributed by atoms with Crippen LogP contribution >= 0.6 is 15.9 Å². The van der Waals surface area contributed by atoms with Crippen molar-refractivity contribution in [2.45, 2.75) is 6.92 Å². The summed E-state index contributed by atoms with van der Waals surface area (Å²) >= 11 is 3.62. The average molecular weight is 348 g/mol. The highest BCUT2D eigenvalue weighted by Gasteiger charge is 2.21. The van der Waals surface area contributed by atoms with Gasteiger partial charge in [0.1, 0.15) is 11.6 Å². The number of nitrogens with zero attached hydrogens (tertiary/aromatic N) is 4. The monoisotopic (exact) mass is 347 g/mol. The first kappa shape index (κ1) is 14.1. The minimum atomic E-state index is 0.720. The Morgan fingerprint density at radius 1 is 1.10 bits per heavy atom. The minimum absolute atomic E-state index is 0.720. The van der Waals surface area contributed by atoms with Crippen LogP contribution in [-0.4, -0.2) is 36.1 Å². The molecule has 0 amide bonds. The van der Waals surface area contributed by atoms with Crippen LogP contribution < -0.4 is 15.5 Å². The highest BCUT2D eigenvalue weighted by Crippen LogP contribution is 2.31. The Balaban J connectivity index is 1.73. The maximum absolute atomic E-state index is 5.89. The Morgan fingerprint density at radius 2 is 1.81 bits per heavy atom. The third-order valence-electron chi connectivity index (χ3n) is 3.84. The maximum Gasteiger partial charge on any atom is 0.143 e. The van der Waals surface area contributed by atoms with Crippen LogP contribution in [0.4, 0.5) is 17.3 Å². The van der Waals surface area contributed by atoms with E-state index in [-0.39, 0.29) is 0 Å². The van der Waals surface area contributed by atoms with E-state index in [9.17, 15) is 0 Å². The fourth-order valence-electron chi connectivity index (χ4n) is 2.49. The molecule has 3 heterocycles. The number of hydrogen-bond donors (Lipinski definition) is 1. The summed E-state index contributed by atoms with van der Waals surface area (Å²) in [7, 11) is 0. The van der Waals surface area contributed by atoms with Gasteiger partial charge in [-0.25, -0.2) is 9.97 Å². The molecule has 0 unspecified atom stereocenters. The molecule has 0 radical (unpaired) electrons. The minimum Gasteiger partial charge on any atom is -0.397 e. The first-order valence-corrected chi connectivity index (χ1v) is 7.77. The first-order chi connectivity index (χ1) is 10.2. The van der Waals surface area contributed by atoms with E-state index in [1.54, 1.807) is 6.20 Å². The molecule has 5 nitrogen and oxygen atoms in total. The summed E-state index contributed by atoms with van der Waals surface area (Å²) in [6.45, 7) is 5.73. The van der Waals surface area contributed by atoms with Crippen LogP contribution in [0.15, 0.2) is 35.1 Å². The second-order valence-corrected chi connectivity index (χ2v) is 5.93. The molecule has 1 fully saturated rings. The summed E-state index contributed by atoms with van der Waals surface area (Å²) < 4.78 is 0.994. The van der Waals surface area contributed by atoms with Crippen LogP contribution in [0.25, 0.3) is 0 Å². The van der Waals surface area contributed by atoms with Crippen molar-refractivity contribution in [1.29, 1.82) is 0 Å². The average Bonchev–Trinajstić information content (AvgIpc) is 2.54. The summed E-state index contributed by atoms with van der Waals surface area (Å²) in [5.41, 5.74) is 7.66. The van der Waals surface area contributed by atoms with E-state index in [1.807, 2.05) is 25.3 Å². The number of nitrogens with two attached hydrogens (primary N) is 1. The molecule has 2 N–H and O–H groups in total. The summed E-state index contributed by atoms with van der Waals surface area (Å²) in [6, 6.07) is 6.02. The highest BCUT2D eigenvalue weighted by molar-refractivity contribution is 9.10. The molecule has 0 aromatic carbocycles. The van der Waals surface area contributed by atoms with E-state index in [4.69, 9.17) is 5.73 Å². The molecule has 1 aliphatic rings. The number of pyridine rings is 2. The number of anilines is 3. The third-order valence-corrected chi connectivity index (χ3v) is 4.79. The van der Waals surface area contributed by atoms with Crippen LogP contribution in [0.3, 0.4) is 0 Å². The van der Waals surface area contributed by atoms with Crippen molar-refractivity contribution in [2.24, 2.45) is 0 Å². The molecule has 0 atom stereocenters. The van der Waals surface area contributed by atoms with Crippen LogP contribution in [0.5, 0.6) is 0 Å². The number of halogens is 1. The number of hydrogen-bond acceptors (Lipinski definition) is 5. The molecule has 110 valence electrons. The van der Waals surface area contributed by atoms with E-state index in [2.05, 4.69) is 41.8 Å². The quantitative estimate of drug-likeness (QED) is 0.904. The lowest BCUT2D eigenvalue weighted by Crippen LogP contribution is -2.47. The van der Waals surface area contributed by atoms with Gasteiger partial charge in [-0.1, -0.05) is 6.07 Å². The largest absolute Gasteiger partial charge is 0.397 e. The van der Waals surface area contributed by atoms with Crippen LogP contribution in [0.2, 0.25) is 0 Å². The van der Waals surface area contributed by atoms with E-state index < -0.39 is 0 Å². The van der Waals surface area contributed by atoms with Crippen molar-refractivity contribution in [3.05, 3.63) is 40.6 Å². The number of nitrogen functional groups attached to an aromatic ring is 1. The molecule has 2 aromatic rings. The van der Waals surface area contributed by atoms with Gasteiger partial charge in [-0.05, 0) is 40.5 Å². The van der Waals surface area contributed by atoms with Gasteiger partial charge in [-0.15, -0.1) is 0 Å². The maximum atomic E-state index is 5.89. The zero-order valence-electron chi connectivity index (χ0n) is 12.0. The SMILES string of the molecule is Cc1c(N)cnc(N2CCN(c3ccccn3)CC2)c1Br. The molecule has 1 aliphatic heterocycles. The molecule has 0 bridgehead atoms. The Labute approximate surface area is 132 Å². The lowest BCUT2D eigenvalue weighted by Gasteiger charge is -2.36. The molecule has 21 heavy (non-hydrogen) atoms. The van der Waals surface area contributed by atoms with Gasteiger partial charge < -0.3 is 15.5 Å². The predicted molar refractivity (Wildman–Crippen MR) is 89.7 cm³/mol. The van der Waals surface area contributed by atoms with Gasteiger partial charge in [-0.2, -0.15) is 0 Å². The second-order valence-electron chi connectivity index (χ2n) is 5.14. The van der Waals surface area contributed by atoms with Crippen LogP contribution in [0, 0.1) is 6.92 Å². The van der Waals surface area contributed by atoms with Gasteiger partial charge in [0.25, 0.3) is 0 Å². The Morgan fingerprint density at radius 3 is 2.48 bits per heavy atom. The molecule has 0 spiro atoms. The fourth-order valence-corrected chi connectivity index (χ4v) is 3.07. The summed E-state index contributed by atoms with van der Waals surface area (Å²) in [5.74, 6) is 2.01. The zero-order valence-corrected chi connectivity index (χ0v) is 13.5. The zero-order chi connectivity index (χ0) is 14.8. The normalized spacial score (nSPS) is 15.3. The molecule has 1 saturated heterocycles. The van der Waals surface area contributed by atoms with Gasteiger partial charge in [0.2, 0.25) is 0 Å². The summed E-state index contributed by atoms with van der Waals surface area (Å²) in [6.07, 6.45) is 3.57. The topological polar surface area (TPSA) is 58.3 Å². The molecule has 6 heteroatoms. The van der Waals surface area contributed by atoms with Crippen LogP contribution in [0.1, 0.15) is 5.56 Å². The van der Waals surface area contributed by atoms with Crippen molar-refractivity contribution >= 4 is 33.3 Å².